The van der Waals surface area contributed by atoms with Crippen molar-refractivity contribution in [2.24, 2.45) is 5.92 Å². The van der Waals surface area contributed by atoms with E-state index in [1.165, 1.54) is 10.6 Å². The van der Waals surface area contributed by atoms with E-state index in [-0.39, 0.29) is 24.2 Å². The Labute approximate surface area is 182 Å². The van der Waals surface area contributed by atoms with Crippen molar-refractivity contribution in [1.29, 1.82) is 0 Å². The first-order chi connectivity index (χ1) is 14.8. The van der Waals surface area contributed by atoms with Gasteiger partial charge in [-0.2, -0.15) is 4.98 Å². The quantitative estimate of drug-likeness (QED) is 0.687. The third kappa shape index (κ3) is 4.61. The van der Waals surface area contributed by atoms with Crippen molar-refractivity contribution in [2.75, 3.05) is 31.3 Å². The molecule has 31 heavy (non-hydrogen) atoms. The number of fused-ring (bicyclic) bond motifs is 1. The predicted octanol–water partition coefficient (Wildman–Crippen LogP) is 1.52. The minimum Gasteiger partial charge on any atom is -0.396 e. The van der Waals surface area contributed by atoms with E-state index in [1.807, 2.05) is 4.57 Å². The monoisotopic (exact) mass is 449 g/mol. The van der Waals surface area contributed by atoms with Crippen LogP contribution < -0.4 is 10.9 Å². The van der Waals surface area contributed by atoms with Crippen LogP contribution in [0.2, 0.25) is 0 Å². The number of pyridine rings is 1. The number of aliphatic hydroxyl groups excluding tert-OH is 1. The molecule has 0 radical (unpaired) electrons. The summed E-state index contributed by atoms with van der Waals surface area (Å²) in [6.45, 7) is 3.04. The van der Waals surface area contributed by atoms with Crippen molar-refractivity contribution < 1.29 is 13.5 Å². The third-order valence-electron chi connectivity index (χ3n) is 6.63. The van der Waals surface area contributed by atoms with Crippen LogP contribution in [0.1, 0.15) is 50.6 Å². The number of aliphatic hydroxyl groups is 1. The standard InChI is InChI=1S/C21H31N5O4S/c1-14-4-3-5-18(14)26-19-16(12-15(8-11-27)20(26)28)13-22-21(24-19)23-17-6-9-25(10-7-17)31(2,29)30/h12-14,17-18,27H,3-11H2,1-2H3,(H,22,23,24)/t14-,18+/m0/s1. The molecule has 2 aromatic heterocycles. The Balaban J connectivity index is 1.65. The first-order valence-corrected chi connectivity index (χ1v) is 12.9. The SMILES string of the molecule is C[C@H]1CCC[C@H]1n1c(=O)c(CCO)cc2cnc(NC3CCN(S(C)(=O)=O)CC3)nc21. The molecule has 4 rings (SSSR count). The summed E-state index contributed by atoms with van der Waals surface area (Å²) in [7, 11) is -3.17. The molecule has 1 aliphatic heterocycles. The fraction of sp³-hybridized carbons (Fsp3) is 0.667. The Morgan fingerprint density at radius 1 is 1.23 bits per heavy atom. The molecular weight excluding hydrogens is 418 g/mol. The first kappa shape index (κ1) is 22.2. The number of hydrogen-bond donors (Lipinski definition) is 2. The van der Waals surface area contributed by atoms with Gasteiger partial charge in [-0.15, -0.1) is 0 Å². The van der Waals surface area contributed by atoms with E-state index < -0.39 is 10.0 Å². The van der Waals surface area contributed by atoms with Gasteiger partial charge >= 0.3 is 0 Å². The summed E-state index contributed by atoms with van der Waals surface area (Å²) in [6.07, 6.45) is 7.74. The molecule has 2 aliphatic rings. The summed E-state index contributed by atoms with van der Waals surface area (Å²) in [5.74, 6) is 0.844. The maximum absolute atomic E-state index is 13.2. The van der Waals surface area contributed by atoms with Gasteiger partial charge in [0, 0.05) is 55.3 Å². The number of rotatable bonds is 6. The zero-order chi connectivity index (χ0) is 22.2. The molecule has 1 saturated carbocycles. The zero-order valence-corrected chi connectivity index (χ0v) is 18.9. The topological polar surface area (TPSA) is 117 Å². The molecule has 2 fully saturated rings. The molecule has 0 bridgehead atoms. The molecule has 1 saturated heterocycles. The van der Waals surface area contributed by atoms with Gasteiger partial charge in [-0.25, -0.2) is 17.7 Å². The van der Waals surface area contributed by atoms with Crippen molar-refractivity contribution in [3.8, 4) is 0 Å². The van der Waals surface area contributed by atoms with Crippen molar-refractivity contribution in [2.45, 2.75) is 57.5 Å². The van der Waals surface area contributed by atoms with Gasteiger partial charge in [0.25, 0.3) is 5.56 Å². The molecule has 9 nitrogen and oxygen atoms in total. The van der Waals surface area contributed by atoms with E-state index >= 15 is 0 Å². The van der Waals surface area contributed by atoms with Crippen LogP contribution in [-0.4, -0.2) is 64.4 Å². The highest BCUT2D eigenvalue weighted by Crippen LogP contribution is 2.36. The number of nitrogens with one attached hydrogen (secondary N) is 1. The summed E-state index contributed by atoms with van der Waals surface area (Å²) < 4.78 is 26.8. The minimum absolute atomic E-state index is 0.0758. The van der Waals surface area contributed by atoms with Crippen LogP contribution in [0.5, 0.6) is 0 Å². The minimum atomic E-state index is -3.17. The number of sulfonamides is 1. The average Bonchev–Trinajstić information content (AvgIpc) is 3.14. The van der Waals surface area contributed by atoms with Crippen LogP contribution in [0.15, 0.2) is 17.1 Å². The second-order valence-corrected chi connectivity index (χ2v) is 10.8. The molecule has 0 unspecified atom stereocenters. The van der Waals surface area contributed by atoms with Gasteiger partial charge in [-0.1, -0.05) is 13.3 Å². The summed E-state index contributed by atoms with van der Waals surface area (Å²) >= 11 is 0. The number of piperidine rings is 1. The smallest absolute Gasteiger partial charge is 0.255 e. The average molecular weight is 450 g/mol. The lowest BCUT2D eigenvalue weighted by molar-refractivity contribution is 0.298. The van der Waals surface area contributed by atoms with Gasteiger partial charge in [0.2, 0.25) is 16.0 Å². The van der Waals surface area contributed by atoms with Gasteiger partial charge in [-0.05, 0) is 37.7 Å². The van der Waals surface area contributed by atoms with E-state index in [9.17, 15) is 18.3 Å². The molecule has 170 valence electrons. The molecule has 2 atom stereocenters. The number of anilines is 1. The van der Waals surface area contributed by atoms with Crippen molar-refractivity contribution in [3.05, 3.63) is 28.2 Å². The summed E-state index contributed by atoms with van der Waals surface area (Å²) in [5.41, 5.74) is 1.13. The lowest BCUT2D eigenvalue weighted by Gasteiger charge is -2.30. The molecule has 2 N–H and O–H groups in total. The highest BCUT2D eigenvalue weighted by atomic mass is 32.2. The van der Waals surface area contributed by atoms with Gasteiger partial charge in [-0.3, -0.25) is 9.36 Å². The van der Waals surface area contributed by atoms with E-state index in [4.69, 9.17) is 4.98 Å². The summed E-state index contributed by atoms with van der Waals surface area (Å²) in [5, 5.41) is 13.5. The molecule has 0 spiro atoms. The van der Waals surface area contributed by atoms with Crippen LogP contribution in [0.3, 0.4) is 0 Å². The molecule has 0 amide bonds. The van der Waals surface area contributed by atoms with Gasteiger partial charge in [0.15, 0.2) is 0 Å². The van der Waals surface area contributed by atoms with Gasteiger partial charge in [0.1, 0.15) is 5.65 Å². The van der Waals surface area contributed by atoms with Crippen LogP contribution in [-0.2, 0) is 16.4 Å². The Kier molecular flexibility index (Phi) is 6.32. The van der Waals surface area contributed by atoms with Crippen molar-refractivity contribution >= 4 is 27.0 Å². The highest BCUT2D eigenvalue weighted by Gasteiger charge is 2.29. The first-order valence-electron chi connectivity index (χ1n) is 11.0. The fourth-order valence-electron chi connectivity index (χ4n) is 4.88. The lowest BCUT2D eigenvalue weighted by atomic mass is 10.0. The largest absolute Gasteiger partial charge is 0.396 e. The Hall–Kier alpha value is -2.04. The Bertz CT molecular complexity index is 1110. The predicted molar refractivity (Wildman–Crippen MR) is 120 cm³/mol. The van der Waals surface area contributed by atoms with Gasteiger partial charge in [0.05, 0.1) is 6.26 Å². The number of nitrogens with zero attached hydrogens (tertiary/aromatic N) is 4. The van der Waals surface area contributed by atoms with E-state index in [1.54, 1.807) is 12.3 Å². The Morgan fingerprint density at radius 2 is 1.97 bits per heavy atom. The maximum Gasteiger partial charge on any atom is 0.255 e. The van der Waals surface area contributed by atoms with Crippen LogP contribution >= 0.6 is 0 Å². The van der Waals surface area contributed by atoms with E-state index in [2.05, 4.69) is 17.2 Å². The normalized spacial score (nSPS) is 23.5. The molecule has 0 aromatic carbocycles. The summed E-state index contributed by atoms with van der Waals surface area (Å²) in [4.78, 5) is 22.4. The second-order valence-electron chi connectivity index (χ2n) is 8.85. The molecule has 1 aliphatic carbocycles. The maximum atomic E-state index is 13.2. The fourth-order valence-corrected chi connectivity index (χ4v) is 5.75. The van der Waals surface area contributed by atoms with Crippen molar-refractivity contribution in [1.82, 2.24) is 18.8 Å². The van der Waals surface area contributed by atoms with Crippen LogP contribution in [0.25, 0.3) is 11.0 Å². The van der Waals surface area contributed by atoms with Crippen LogP contribution in [0.4, 0.5) is 5.95 Å². The van der Waals surface area contributed by atoms with Crippen LogP contribution in [0, 0.1) is 5.92 Å². The highest BCUT2D eigenvalue weighted by molar-refractivity contribution is 7.88. The lowest BCUT2D eigenvalue weighted by Crippen LogP contribution is -2.42. The Morgan fingerprint density at radius 3 is 2.58 bits per heavy atom. The second kappa shape index (κ2) is 8.84. The number of hydrogen-bond acceptors (Lipinski definition) is 7. The van der Waals surface area contributed by atoms with E-state index in [0.717, 1.165) is 24.6 Å². The van der Waals surface area contributed by atoms with E-state index in [0.29, 0.717) is 55.4 Å². The molecule has 2 aromatic rings. The van der Waals surface area contributed by atoms with Gasteiger partial charge < -0.3 is 10.4 Å². The molecule has 3 heterocycles. The molecule has 10 heteroatoms. The number of aromatic nitrogens is 3. The third-order valence-corrected chi connectivity index (χ3v) is 7.94. The zero-order valence-electron chi connectivity index (χ0n) is 18.1. The summed E-state index contributed by atoms with van der Waals surface area (Å²) in [6, 6.07) is 1.96. The van der Waals surface area contributed by atoms with Crippen molar-refractivity contribution in [3.63, 3.8) is 0 Å². The molecular formula is C21H31N5O4S.